The van der Waals surface area contributed by atoms with E-state index in [9.17, 15) is 0 Å². The lowest BCUT2D eigenvalue weighted by Gasteiger charge is -2.18. The Balaban J connectivity index is 0.00000182. The molecule has 0 aliphatic heterocycles. The van der Waals surface area contributed by atoms with Crippen LogP contribution in [0.15, 0.2) is 53.1 Å². The normalized spacial score (nSPS) is 15.6. The molecule has 5 nitrogen and oxygen atoms in total. The zero-order chi connectivity index (χ0) is 16.4. The molecule has 1 aromatic carbocycles. The Morgan fingerprint density at radius 2 is 2.08 bits per heavy atom. The molecule has 0 atom stereocenters. The summed E-state index contributed by atoms with van der Waals surface area (Å²) in [5.74, 6) is 0.827. The van der Waals surface area contributed by atoms with Gasteiger partial charge in [0.25, 0.3) is 0 Å². The van der Waals surface area contributed by atoms with E-state index in [0.29, 0.717) is 6.54 Å². The Bertz CT molecular complexity index is 822. The van der Waals surface area contributed by atoms with E-state index in [1.165, 1.54) is 18.4 Å². The molecule has 2 heterocycles. The summed E-state index contributed by atoms with van der Waals surface area (Å²) in [6, 6.07) is 10.8. The minimum Gasteiger partial charge on any atom is -0.356 e. The van der Waals surface area contributed by atoms with Gasteiger partial charge in [-0.1, -0.05) is 30.3 Å². The number of thiazole rings is 1. The minimum absolute atomic E-state index is 0. The van der Waals surface area contributed by atoms with Crippen molar-refractivity contribution in [3.63, 3.8) is 0 Å². The molecule has 0 amide bonds. The van der Waals surface area contributed by atoms with Gasteiger partial charge in [-0.05, 0) is 18.4 Å². The Labute approximate surface area is 168 Å². The highest BCUT2D eigenvalue weighted by molar-refractivity contribution is 14.0. The molecule has 1 aliphatic rings. The summed E-state index contributed by atoms with van der Waals surface area (Å²) >= 11 is 1.65. The maximum Gasteiger partial charge on any atom is 0.193 e. The largest absolute Gasteiger partial charge is 0.356 e. The van der Waals surface area contributed by atoms with Gasteiger partial charge in [-0.15, -0.1) is 35.3 Å². The molecule has 3 aromatic rings. The molecule has 1 saturated carbocycles. The second-order valence-corrected chi connectivity index (χ2v) is 7.12. The summed E-state index contributed by atoms with van der Waals surface area (Å²) in [6.45, 7) is 1.58. The zero-order valence-electron chi connectivity index (χ0n) is 14.1. The van der Waals surface area contributed by atoms with Crippen LogP contribution < -0.4 is 10.6 Å². The van der Waals surface area contributed by atoms with Gasteiger partial charge in [0.05, 0.1) is 12.2 Å². The fourth-order valence-corrected chi connectivity index (χ4v) is 3.74. The molecule has 0 unspecified atom stereocenters. The van der Waals surface area contributed by atoms with E-state index in [4.69, 9.17) is 0 Å². The minimum atomic E-state index is 0. The lowest BCUT2D eigenvalue weighted by molar-refractivity contribution is 0.645. The van der Waals surface area contributed by atoms with Crippen LogP contribution in [0.1, 0.15) is 24.1 Å². The van der Waals surface area contributed by atoms with Crippen LogP contribution >= 0.6 is 35.3 Å². The predicted octanol–water partition coefficient (Wildman–Crippen LogP) is 3.41. The molecular weight excluding hydrogens is 445 g/mol. The molecule has 7 heteroatoms. The molecular formula is C18H22IN5S. The van der Waals surface area contributed by atoms with Crippen LogP contribution in [0.4, 0.5) is 0 Å². The number of nitrogens with zero attached hydrogens (tertiary/aromatic N) is 3. The van der Waals surface area contributed by atoms with Crippen molar-refractivity contribution < 1.29 is 0 Å². The van der Waals surface area contributed by atoms with Crippen molar-refractivity contribution in [3.8, 4) is 0 Å². The van der Waals surface area contributed by atoms with Crippen molar-refractivity contribution in [2.24, 2.45) is 4.99 Å². The zero-order valence-corrected chi connectivity index (χ0v) is 17.3. The fourth-order valence-electron chi connectivity index (χ4n) is 3.02. The highest BCUT2D eigenvalue weighted by Gasteiger charge is 2.43. The molecule has 2 aromatic heterocycles. The number of fused-ring (bicyclic) bond motifs is 1. The third-order valence-corrected chi connectivity index (χ3v) is 5.41. The molecule has 4 rings (SSSR count). The van der Waals surface area contributed by atoms with E-state index >= 15 is 0 Å². The first kappa shape index (κ1) is 18.2. The van der Waals surface area contributed by atoms with Gasteiger partial charge < -0.3 is 10.6 Å². The monoisotopic (exact) mass is 467 g/mol. The quantitative estimate of drug-likeness (QED) is 0.344. The number of imidazole rings is 1. The number of aromatic nitrogens is 2. The highest BCUT2D eigenvalue weighted by Crippen LogP contribution is 2.47. The van der Waals surface area contributed by atoms with Crippen molar-refractivity contribution in [3.05, 3.63) is 59.4 Å². The Kier molecular flexibility index (Phi) is 5.63. The standard InChI is InChI=1S/C18H21N5S.HI/c1-19-16(20-11-15-12-23-9-10-24-17(23)22-15)21-13-18(7-8-18)14-5-3-2-4-6-14;/h2-6,9-10,12H,7-8,11,13H2,1H3,(H2,19,20,21);1H. The van der Waals surface area contributed by atoms with E-state index in [1.807, 2.05) is 23.0 Å². The molecule has 0 saturated heterocycles. The third kappa shape index (κ3) is 3.98. The van der Waals surface area contributed by atoms with Gasteiger partial charge in [-0.3, -0.25) is 9.39 Å². The molecule has 0 bridgehead atoms. The maximum atomic E-state index is 4.58. The Hall–Kier alpha value is -1.61. The number of guanidine groups is 1. The molecule has 1 aliphatic carbocycles. The summed E-state index contributed by atoms with van der Waals surface area (Å²) in [5.41, 5.74) is 2.71. The van der Waals surface area contributed by atoms with Crippen LogP contribution in [-0.4, -0.2) is 28.9 Å². The van der Waals surface area contributed by atoms with Crippen molar-refractivity contribution in [1.29, 1.82) is 0 Å². The Morgan fingerprint density at radius 1 is 1.28 bits per heavy atom. The second kappa shape index (κ2) is 7.74. The van der Waals surface area contributed by atoms with Crippen molar-refractivity contribution in [1.82, 2.24) is 20.0 Å². The van der Waals surface area contributed by atoms with Crippen LogP contribution in [0, 0.1) is 0 Å². The van der Waals surface area contributed by atoms with Crippen LogP contribution in [0.2, 0.25) is 0 Å². The first-order chi connectivity index (χ1) is 11.8. The number of rotatable bonds is 5. The molecule has 0 radical (unpaired) electrons. The van der Waals surface area contributed by atoms with E-state index in [0.717, 1.165) is 23.2 Å². The average molecular weight is 467 g/mol. The van der Waals surface area contributed by atoms with Crippen LogP contribution in [-0.2, 0) is 12.0 Å². The summed E-state index contributed by atoms with van der Waals surface area (Å²) in [6.07, 6.45) is 6.55. The van der Waals surface area contributed by atoms with E-state index in [-0.39, 0.29) is 29.4 Å². The van der Waals surface area contributed by atoms with Crippen LogP contribution in [0.3, 0.4) is 0 Å². The molecule has 0 spiro atoms. The number of benzene rings is 1. The second-order valence-electron chi connectivity index (χ2n) is 6.25. The summed E-state index contributed by atoms with van der Waals surface area (Å²) in [7, 11) is 1.81. The first-order valence-electron chi connectivity index (χ1n) is 8.20. The van der Waals surface area contributed by atoms with Gasteiger partial charge in [-0.2, -0.15) is 0 Å². The van der Waals surface area contributed by atoms with Crippen molar-refractivity contribution in [2.45, 2.75) is 24.8 Å². The maximum absolute atomic E-state index is 4.58. The fraction of sp³-hybridized carbons (Fsp3) is 0.333. The van der Waals surface area contributed by atoms with E-state index in [2.05, 4.69) is 57.1 Å². The van der Waals surface area contributed by atoms with Gasteiger partial charge in [0.2, 0.25) is 0 Å². The molecule has 1 fully saturated rings. The number of halogens is 1. The first-order valence-corrected chi connectivity index (χ1v) is 9.08. The Morgan fingerprint density at radius 3 is 2.76 bits per heavy atom. The van der Waals surface area contributed by atoms with Crippen molar-refractivity contribution >= 4 is 46.2 Å². The highest BCUT2D eigenvalue weighted by atomic mass is 127. The number of aliphatic imine (C=N–C) groups is 1. The van der Waals surface area contributed by atoms with Crippen LogP contribution in [0.5, 0.6) is 0 Å². The molecule has 25 heavy (non-hydrogen) atoms. The molecule has 2 N–H and O–H groups in total. The average Bonchev–Trinajstić information content (AvgIpc) is 3.12. The third-order valence-electron chi connectivity index (χ3n) is 4.64. The summed E-state index contributed by atoms with van der Waals surface area (Å²) in [4.78, 5) is 9.94. The van der Waals surface area contributed by atoms with Crippen LogP contribution in [0.25, 0.3) is 4.96 Å². The lowest BCUT2D eigenvalue weighted by Crippen LogP contribution is -2.40. The number of nitrogens with one attached hydrogen (secondary N) is 2. The van der Waals surface area contributed by atoms with Gasteiger partial charge in [0.15, 0.2) is 10.9 Å². The summed E-state index contributed by atoms with van der Waals surface area (Å²) in [5, 5.41) is 8.87. The van der Waals surface area contributed by atoms with Gasteiger partial charge in [0, 0.05) is 36.8 Å². The van der Waals surface area contributed by atoms with Gasteiger partial charge in [0.1, 0.15) is 0 Å². The predicted molar refractivity (Wildman–Crippen MR) is 114 cm³/mol. The van der Waals surface area contributed by atoms with E-state index < -0.39 is 0 Å². The molecule has 132 valence electrons. The van der Waals surface area contributed by atoms with E-state index in [1.54, 1.807) is 11.3 Å². The topological polar surface area (TPSA) is 53.7 Å². The van der Waals surface area contributed by atoms with Crippen molar-refractivity contribution in [2.75, 3.05) is 13.6 Å². The van der Waals surface area contributed by atoms with Gasteiger partial charge in [-0.25, -0.2) is 4.98 Å². The smallest absolute Gasteiger partial charge is 0.193 e. The van der Waals surface area contributed by atoms with Gasteiger partial charge >= 0.3 is 0 Å². The SMILES string of the molecule is CN=C(NCc1cn2ccsc2n1)NCC1(c2ccccc2)CC1.I. The summed E-state index contributed by atoms with van der Waals surface area (Å²) < 4.78 is 2.05. The number of hydrogen-bond donors (Lipinski definition) is 2. The number of hydrogen-bond acceptors (Lipinski definition) is 3. The lowest BCUT2D eigenvalue weighted by atomic mass is 9.96.